The third kappa shape index (κ3) is 4.22. The van der Waals surface area contributed by atoms with Gasteiger partial charge in [-0.15, -0.1) is 24.8 Å². The van der Waals surface area contributed by atoms with Gasteiger partial charge in [0.1, 0.15) is 11.9 Å². The molecule has 0 spiro atoms. The number of halogens is 2. The molecule has 3 aromatic rings. The van der Waals surface area contributed by atoms with Crippen LogP contribution in [0.1, 0.15) is 27.9 Å². The molecule has 1 atom stereocenters. The normalized spacial score (nSPS) is 16.2. The second-order valence-corrected chi connectivity index (χ2v) is 7.24. The Labute approximate surface area is 180 Å². The van der Waals surface area contributed by atoms with E-state index in [0.717, 1.165) is 29.3 Å². The van der Waals surface area contributed by atoms with Crippen molar-refractivity contribution >= 4 is 42.1 Å². The van der Waals surface area contributed by atoms with Crippen LogP contribution in [0, 0.1) is 6.92 Å². The van der Waals surface area contributed by atoms with Gasteiger partial charge in [-0.1, -0.05) is 0 Å². The lowest BCUT2D eigenvalue weighted by Gasteiger charge is -2.36. The number of aryl methyl sites for hydroxylation is 2. The van der Waals surface area contributed by atoms with Crippen LogP contribution >= 0.6 is 36.2 Å². The Hall–Kier alpha value is -1.93. The van der Waals surface area contributed by atoms with Crippen molar-refractivity contribution < 1.29 is 4.79 Å². The summed E-state index contributed by atoms with van der Waals surface area (Å²) in [7, 11) is 1.96. The number of piperazine rings is 1. The van der Waals surface area contributed by atoms with Gasteiger partial charge in [0.15, 0.2) is 0 Å². The Bertz CT molecular complexity index is 928. The summed E-state index contributed by atoms with van der Waals surface area (Å²) in [5.74, 6) is 0.910. The molecule has 1 fully saturated rings. The van der Waals surface area contributed by atoms with E-state index in [1.165, 1.54) is 0 Å². The number of pyridine rings is 1. The molecule has 1 aliphatic heterocycles. The molecule has 0 radical (unpaired) electrons. The molecule has 0 bridgehead atoms. The van der Waals surface area contributed by atoms with Crippen LogP contribution in [0.25, 0.3) is 11.3 Å². The van der Waals surface area contributed by atoms with Gasteiger partial charge in [0.25, 0.3) is 5.91 Å². The summed E-state index contributed by atoms with van der Waals surface area (Å²) in [4.78, 5) is 24.3. The first kappa shape index (κ1) is 22.4. The molecule has 1 N–H and O–H groups in total. The van der Waals surface area contributed by atoms with Crippen LogP contribution < -0.4 is 5.32 Å². The summed E-state index contributed by atoms with van der Waals surface area (Å²) in [5, 5.41) is 7.46. The van der Waals surface area contributed by atoms with Crippen molar-refractivity contribution in [1.82, 2.24) is 24.8 Å². The summed E-state index contributed by atoms with van der Waals surface area (Å²) >= 11 is 1.64. The van der Waals surface area contributed by atoms with Gasteiger partial charge >= 0.3 is 0 Å². The van der Waals surface area contributed by atoms with Crippen molar-refractivity contribution in [2.45, 2.75) is 13.0 Å². The van der Waals surface area contributed by atoms with Gasteiger partial charge in [0.2, 0.25) is 0 Å². The highest BCUT2D eigenvalue weighted by Gasteiger charge is 2.31. The molecule has 1 unspecified atom stereocenters. The van der Waals surface area contributed by atoms with Crippen molar-refractivity contribution in [3.05, 3.63) is 58.4 Å². The van der Waals surface area contributed by atoms with Crippen LogP contribution in [0.4, 0.5) is 0 Å². The van der Waals surface area contributed by atoms with Crippen LogP contribution in [0.3, 0.4) is 0 Å². The van der Waals surface area contributed by atoms with E-state index in [1.54, 1.807) is 17.5 Å². The monoisotopic (exact) mass is 439 g/mol. The molecule has 3 aromatic heterocycles. The third-order valence-corrected chi connectivity index (χ3v) is 5.48. The standard InChI is InChI=1S/C19H21N5OS.2ClH/c1-13-15(3-4-16(22-13)14-5-10-26-12-14)19(25)24-9-6-20-11-17(24)18-21-7-8-23(18)2;;/h3-5,7-8,10,12,17,20H,6,9,11H2,1-2H3;2*1H. The van der Waals surface area contributed by atoms with Crippen LogP contribution in [-0.4, -0.2) is 45.0 Å². The van der Waals surface area contributed by atoms with E-state index in [4.69, 9.17) is 0 Å². The number of aromatic nitrogens is 3. The van der Waals surface area contributed by atoms with E-state index in [2.05, 4.69) is 20.7 Å². The number of hydrogen-bond donors (Lipinski definition) is 1. The topological polar surface area (TPSA) is 63.1 Å². The van der Waals surface area contributed by atoms with Gasteiger partial charge in [-0.05, 0) is 30.5 Å². The molecule has 9 heteroatoms. The summed E-state index contributed by atoms with van der Waals surface area (Å²) in [6.45, 7) is 4.05. The highest BCUT2D eigenvalue weighted by molar-refractivity contribution is 7.08. The molecule has 6 nitrogen and oxygen atoms in total. The Morgan fingerprint density at radius 2 is 2.11 bits per heavy atom. The second kappa shape index (κ2) is 9.52. The first-order valence-corrected chi connectivity index (χ1v) is 9.58. The molecule has 0 aliphatic carbocycles. The van der Waals surface area contributed by atoms with E-state index >= 15 is 0 Å². The van der Waals surface area contributed by atoms with Gasteiger partial charge in [0, 0.05) is 50.0 Å². The van der Waals surface area contributed by atoms with Gasteiger partial charge in [-0.25, -0.2) is 4.98 Å². The predicted molar refractivity (Wildman–Crippen MR) is 117 cm³/mol. The number of carbonyl (C=O) groups excluding carboxylic acids is 1. The summed E-state index contributed by atoms with van der Waals surface area (Å²) in [6.07, 6.45) is 3.68. The van der Waals surface area contributed by atoms with Crippen molar-refractivity contribution in [2.75, 3.05) is 19.6 Å². The maximum atomic E-state index is 13.3. The van der Waals surface area contributed by atoms with Crippen molar-refractivity contribution in [3.63, 3.8) is 0 Å². The minimum absolute atomic E-state index is 0. The number of rotatable bonds is 3. The summed E-state index contributed by atoms with van der Waals surface area (Å²) in [5.41, 5.74) is 3.41. The van der Waals surface area contributed by atoms with Gasteiger partial charge in [0.05, 0.1) is 17.0 Å². The smallest absolute Gasteiger partial charge is 0.256 e. The number of imidazole rings is 1. The summed E-state index contributed by atoms with van der Waals surface area (Å²) in [6, 6.07) is 5.80. The Morgan fingerprint density at radius 3 is 2.75 bits per heavy atom. The zero-order valence-corrected chi connectivity index (χ0v) is 18.1. The van der Waals surface area contributed by atoms with Crippen molar-refractivity contribution in [1.29, 1.82) is 0 Å². The molecular weight excluding hydrogens is 417 g/mol. The lowest BCUT2D eigenvalue weighted by Crippen LogP contribution is -2.49. The van der Waals surface area contributed by atoms with Crippen LogP contribution in [0.15, 0.2) is 41.4 Å². The molecule has 1 saturated heterocycles. The number of nitrogens with one attached hydrogen (secondary N) is 1. The Balaban J connectivity index is 0.00000140. The maximum Gasteiger partial charge on any atom is 0.256 e. The molecule has 0 saturated carbocycles. The minimum atomic E-state index is -0.0767. The third-order valence-electron chi connectivity index (χ3n) is 4.79. The molecule has 28 heavy (non-hydrogen) atoms. The van der Waals surface area contributed by atoms with Crippen LogP contribution in [0.2, 0.25) is 0 Å². The summed E-state index contributed by atoms with van der Waals surface area (Å²) < 4.78 is 1.97. The maximum absolute atomic E-state index is 13.3. The lowest BCUT2D eigenvalue weighted by molar-refractivity contribution is 0.0619. The minimum Gasteiger partial charge on any atom is -0.336 e. The average molecular weight is 440 g/mol. The number of amides is 1. The molecule has 150 valence electrons. The fourth-order valence-corrected chi connectivity index (χ4v) is 4.04. The number of thiophene rings is 1. The van der Waals surface area contributed by atoms with Crippen LogP contribution in [-0.2, 0) is 7.05 Å². The van der Waals surface area contributed by atoms with Crippen LogP contribution in [0.5, 0.6) is 0 Å². The lowest BCUT2D eigenvalue weighted by atomic mass is 10.1. The fourth-order valence-electron chi connectivity index (χ4n) is 3.39. The van der Waals surface area contributed by atoms with Gasteiger partial charge in [-0.3, -0.25) is 9.78 Å². The van der Waals surface area contributed by atoms with E-state index < -0.39 is 0 Å². The highest BCUT2D eigenvalue weighted by atomic mass is 35.5. The zero-order chi connectivity index (χ0) is 18.1. The van der Waals surface area contributed by atoms with Gasteiger partial charge in [-0.2, -0.15) is 11.3 Å². The molecular formula is C19H23Cl2N5OS. The number of carbonyl (C=O) groups is 1. The Morgan fingerprint density at radius 1 is 1.29 bits per heavy atom. The van der Waals surface area contributed by atoms with E-state index in [1.807, 2.05) is 53.2 Å². The van der Waals surface area contributed by atoms with Gasteiger partial charge < -0.3 is 14.8 Å². The highest BCUT2D eigenvalue weighted by Crippen LogP contribution is 2.26. The second-order valence-electron chi connectivity index (χ2n) is 6.46. The first-order valence-electron chi connectivity index (χ1n) is 8.64. The molecule has 4 heterocycles. The zero-order valence-electron chi connectivity index (χ0n) is 15.7. The van der Waals surface area contributed by atoms with Crippen molar-refractivity contribution in [3.8, 4) is 11.3 Å². The quantitative estimate of drug-likeness (QED) is 0.678. The van der Waals surface area contributed by atoms with E-state index in [0.29, 0.717) is 18.7 Å². The van der Waals surface area contributed by atoms with E-state index in [-0.39, 0.29) is 36.8 Å². The number of nitrogens with zero attached hydrogens (tertiary/aromatic N) is 4. The number of hydrogen-bond acceptors (Lipinski definition) is 5. The average Bonchev–Trinajstić information content (AvgIpc) is 3.33. The predicted octanol–water partition coefficient (Wildman–Crippen LogP) is 3.48. The molecule has 1 amide bonds. The molecule has 4 rings (SSSR count). The molecule has 0 aromatic carbocycles. The largest absolute Gasteiger partial charge is 0.336 e. The van der Waals surface area contributed by atoms with E-state index in [9.17, 15) is 4.79 Å². The Kier molecular flexibility index (Phi) is 7.60. The SMILES string of the molecule is Cc1nc(-c2ccsc2)ccc1C(=O)N1CCNCC1c1nccn1C.Cl.Cl. The molecule has 1 aliphatic rings. The fraction of sp³-hybridized carbons (Fsp3) is 0.316. The first-order chi connectivity index (χ1) is 12.6. The van der Waals surface area contributed by atoms with Crippen molar-refractivity contribution in [2.24, 2.45) is 7.05 Å².